The molecule has 2 fully saturated rings. The van der Waals surface area contributed by atoms with E-state index in [-0.39, 0.29) is 0 Å². The molecule has 1 aromatic carbocycles. The number of nitrogens with zero attached hydrogens (tertiary/aromatic N) is 1. The van der Waals surface area contributed by atoms with E-state index in [0.717, 1.165) is 24.4 Å². The highest BCUT2D eigenvalue weighted by molar-refractivity contribution is 5.25. The van der Waals surface area contributed by atoms with Gasteiger partial charge in [0.1, 0.15) is 0 Å². The van der Waals surface area contributed by atoms with Crippen LogP contribution in [0, 0.1) is 11.8 Å². The normalized spacial score (nSPS) is 30.1. The van der Waals surface area contributed by atoms with Crippen molar-refractivity contribution in [3.05, 3.63) is 35.4 Å². The Morgan fingerprint density at radius 2 is 1.95 bits per heavy atom. The molecule has 1 N–H and O–H groups in total. The average Bonchev–Trinajstić information content (AvgIpc) is 2.99. The third-order valence-electron chi connectivity index (χ3n) is 5.27. The zero-order chi connectivity index (χ0) is 14.1. The molecule has 0 spiro atoms. The third kappa shape index (κ3) is 2.64. The molecular formula is C18H28N2. The molecule has 0 aromatic heterocycles. The van der Waals surface area contributed by atoms with E-state index >= 15 is 0 Å². The maximum absolute atomic E-state index is 3.57. The molecule has 1 aromatic rings. The first-order valence-electron chi connectivity index (χ1n) is 8.22. The van der Waals surface area contributed by atoms with Crippen LogP contribution in [-0.2, 0) is 6.54 Å². The lowest BCUT2D eigenvalue weighted by Gasteiger charge is -2.27. The van der Waals surface area contributed by atoms with Gasteiger partial charge in [-0.15, -0.1) is 0 Å². The molecule has 110 valence electrons. The molecule has 0 bridgehead atoms. The second-order valence-electron chi connectivity index (χ2n) is 6.88. The third-order valence-corrected chi connectivity index (χ3v) is 5.27. The summed E-state index contributed by atoms with van der Waals surface area (Å²) in [6.45, 7) is 11.7. The maximum atomic E-state index is 3.57. The lowest BCUT2D eigenvalue weighted by Crippen LogP contribution is -2.34. The highest BCUT2D eigenvalue weighted by atomic mass is 15.2. The van der Waals surface area contributed by atoms with Crippen LogP contribution >= 0.6 is 0 Å². The van der Waals surface area contributed by atoms with Crippen LogP contribution < -0.4 is 5.32 Å². The molecule has 2 aliphatic rings. The molecule has 0 aliphatic carbocycles. The summed E-state index contributed by atoms with van der Waals surface area (Å²) in [5, 5.41) is 3.57. The second kappa shape index (κ2) is 5.87. The number of nitrogens with one attached hydrogen (secondary N) is 1. The molecule has 2 heterocycles. The maximum Gasteiger partial charge on any atom is 0.0236 e. The summed E-state index contributed by atoms with van der Waals surface area (Å²) in [7, 11) is 0. The molecule has 2 aliphatic heterocycles. The molecule has 2 heteroatoms. The van der Waals surface area contributed by atoms with Gasteiger partial charge in [0, 0.05) is 19.1 Å². The smallest absolute Gasteiger partial charge is 0.0236 e. The van der Waals surface area contributed by atoms with Gasteiger partial charge < -0.3 is 5.32 Å². The predicted molar refractivity (Wildman–Crippen MR) is 84.9 cm³/mol. The molecular weight excluding hydrogens is 244 g/mol. The Labute approximate surface area is 123 Å². The minimum absolute atomic E-state index is 0.629. The van der Waals surface area contributed by atoms with Gasteiger partial charge in [-0.25, -0.2) is 0 Å². The fourth-order valence-electron chi connectivity index (χ4n) is 4.10. The number of likely N-dealkylation sites (tertiary alicyclic amines) is 1. The summed E-state index contributed by atoms with van der Waals surface area (Å²) in [6, 6.07) is 10.0. The van der Waals surface area contributed by atoms with Gasteiger partial charge in [0.05, 0.1) is 0 Å². The summed E-state index contributed by atoms with van der Waals surface area (Å²) in [5.74, 6) is 2.40. The van der Waals surface area contributed by atoms with E-state index in [9.17, 15) is 0 Å². The summed E-state index contributed by atoms with van der Waals surface area (Å²) >= 11 is 0. The number of hydrogen-bond donors (Lipinski definition) is 1. The van der Waals surface area contributed by atoms with Crippen LogP contribution in [0.5, 0.6) is 0 Å². The zero-order valence-corrected chi connectivity index (χ0v) is 13.1. The first-order chi connectivity index (χ1) is 9.69. The minimum Gasteiger partial charge on any atom is -0.316 e. The van der Waals surface area contributed by atoms with E-state index in [4.69, 9.17) is 0 Å². The van der Waals surface area contributed by atoms with Gasteiger partial charge in [-0.3, -0.25) is 4.90 Å². The zero-order valence-electron chi connectivity index (χ0n) is 13.1. The quantitative estimate of drug-likeness (QED) is 0.905. The van der Waals surface area contributed by atoms with E-state index in [1.54, 1.807) is 0 Å². The first kappa shape index (κ1) is 14.1. The van der Waals surface area contributed by atoms with E-state index < -0.39 is 0 Å². The van der Waals surface area contributed by atoms with Gasteiger partial charge in [-0.1, -0.05) is 45.0 Å². The molecule has 2 saturated heterocycles. The minimum atomic E-state index is 0.629. The van der Waals surface area contributed by atoms with Crippen molar-refractivity contribution in [1.82, 2.24) is 10.2 Å². The first-order valence-corrected chi connectivity index (χ1v) is 8.22. The van der Waals surface area contributed by atoms with E-state index in [0.29, 0.717) is 5.92 Å². The van der Waals surface area contributed by atoms with Crippen molar-refractivity contribution in [2.24, 2.45) is 11.8 Å². The largest absolute Gasteiger partial charge is 0.316 e. The monoisotopic (exact) mass is 272 g/mol. The van der Waals surface area contributed by atoms with Crippen LogP contribution in [0.2, 0.25) is 0 Å². The van der Waals surface area contributed by atoms with Crippen LogP contribution in [0.25, 0.3) is 0 Å². The molecule has 20 heavy (non-hydrogen) atoms. The summed E-state index contributed by atoms with van der Waals surface area (Å²) < 4.78 is 0. The molecule has 2 nitrogen and oxygen atoms in total. The van der Waals surface area contributed by atoms with Gasteiger partial charge >= 0.3 is 0 Å². The van der Waals surface area contributed by atoms with Gasteiger partial charge in [0.15, 0.2) is 0 Å². The standard InChI is InChI=1S/C18H28N2/c1-4-18-17-10-19-9-16(17)12-20(18)11-14-5-7-15(8-6-14)13(2)3/h5-8,13,16-19H,4,9-12H2,1-3H3. The topological polar surface area (TPSA) is 15.3 Å². The molecule has 0 amide bonds. The number of hydrogen-bond acceptors (Lipinski definition) is 2. The summed E-state index contributed by atoms with van der Waals surface area (Å²) in [5.41, 5.74) is 2.92. The van der Waals surface area contributed by atoms with Crippen LogP contribution in [0.15, 0.2) is 24.3 Å². The fourth-order valence-corrected chi connectivity index (χ4v) is 4.10. The fraction of sp³-hybridized carbons (Fsp3) is 0.667. The number of benzene rings is 1. The van der Waals surface area contributed by atoms with Crippen LogP contribution in [-0.4, -0.2) is 30.6 Å². The molecule has 0 saturated carbocycles. The van der Waals surface area contributed by atoms with E-state index in [2.05, 4.69) is 55.3 Å². The molecule has 3 unspecified atom stereocenters. The molecule has 3 rings (SSSR count). The van der Waals surface area contributed by atoms with Gasteiger partial charge in [-0.05, 0) is 48.4 Å². The average molecular weight is 272 g/mol. The molecule has 3 atom stereocenters. The highest BCUT2D eigenvalue weighted by Crippen LogP contribution is 2.35. The Hall–Kier alpha value is -0.860. The summed E-state index contributed by atoms with van der Waals surface area (Å²) in [6.07, 6.45) is 1.28. The van der Waals surface area contributed by atoms with Gasteiger partial charge in [0.25, 0.3) is 0 Å². The van der Waals surface area contributed by atoms with Crippen molar-refractivity contribution in [3.63, 3.8) is 0 Å². The Bertz CT molecular complexity index is 437. The lowest BCUT2D eigenvalue weighted by molar-refractivity contribution is 0.210. The Balaban J connectivity index is 1.68. The van der Waals surface area contributed by atoms with Gasteiger partial charge in [-0.2, -0.15) is 0 Å². The van der Waals surface area contributed by atoms with E-state index in [1.165, 1.54) is 37.2 Å². The highest BCUT2D eigenvalue weighted by Gasteiger charge is 2.42. The van der Waals surface area contributed by atoms with Crippen molar-refractivity contribution in [1.29, 1.82) is 0 Å². The van der Waals surface area contributed by atoms with Crippen LogP contribution in [0.1, 0.15) is 44.2 Å². The van der Waals surface area contributed by atoms with Gasteiger partial charge in [0.2, 0.25) is 0 Å². The van der Waals surface area contributed by atoms with Crippen LogP contribution in [0.4, 0.5) is 0 Å². The Kier molecular flexibility index (Phi) is 4.13. The Morgan fingerprint density at radius 3 is 2.60 bits per heavy atom. The van der Waals surface area contributed by atoms with Crippen molar-refractivity contribution in [2.45, 2.75) is 45.7 Å². The SMILES string of the molecule is CCC1C2CNCC2CN1Cc1ccc(C(C)C)cc1. The number of fused-ring (bicyclic) bond motifs is 1. The van der Waals surface area contributed by atoms with E-state index in [1.807, 2.05) is 0 Å². The van der Waals surface area contributed by atoms with Crippen molar-refractivity contribution < 1.29 is 0 Å². The molecule has 0 radical (unpaired) electrons. The number of rotatable bonds is 4. The predicted octanol–water partition coefficient (Wildman–Crippen LogP) is 3.24. The lowest BCUT2D eigenvalue weighted by atomic mass is 9.93. The summed E-state index contributed by atoms with van der Waals surface area (Å²) in [4.78, 5) is 2.72. The van der Waals surface area contributed by atoms with Crippen LogP contribution in [0.3, 0.4) is 0 Å². The second-order valence-corrected chi connectivity index (χ2v) is 6.88. The van der Waals surface area contributed by atoms with Crippen molar-refractivity contribution in [2.75, 3.05) is 19.6 Å². The van der Waals surface area contributed by atoms with Crippen molar-refractivity contribution >= 4 is 0 Å². The Morgan fingerprint density at radius 1 is 1.20 bits per heavy atom. The van der Waals surface area contributed by atoms with Crippen molar-refractivity contribution in [3.8, 4) is 0 Å².